The predicted molar refractivity (Wildman–Crippen MR) is 136 cm³/mol. The monoisotopic (exact) mass is 520 g/mol. The van der Waals surface area contributed by atoms with Gasteiger partial charge in [0.25, 0.3) is 5.56 Å². The minimum atomic E-state index is -1.06. The van der Waals surface area contributed by atoms with Gasteiger partial charge in [-0.15, -0.1) is 11.3 Å². The maximum Gasteiger partial charge on any atom is 0.338 e. The Morgan fingerprint density at radius 2 is 2.00 bits per heavy atom. The number of thiophene rings is 1. The number of fused-ring (bicyclic) bond motifs is 1. The van der Waals surface area contributed by atoms with Gasteiger partial charge in [-0.1, -0.05) is 35.6 Å². The van der Waals surface area contributed by atoms with Crippen molar-refractivity contribution in [3.8, 4) is 11.3 Å². The molecule has 182 valence electrons. The van der Waals surface area contributed by atoms with E-state index in [4.69, 9.17) is 9.15 Å². The normalized spacial score (nSPS) is 15.5. The molecule has 4 heterocycles. The second kappa shape index (κ2) is 9.56. The van der Waals surface area contributed by atoms with Crippen LogP contribution < -0.4 is 14.9 Å². The number of aromatic carboxylic acids is 1. The van der Waals surface area contributed by atoms with Crippen LogP contribution in [0.2, 0.25) is 0 Å². The van der Waals surface area contributed by atoms with Crippen molar-refractivity contribution in [2.24, 2.45) is 4.99 Å². The first-order valence-electron chi connectivity index (χ1n) is 11.0. The fourth-order valence-electron chi connectivity index (χ4n) is 4.10. The molecule has 1 aliphatic rings. The quantitative estimate of drug-likeness (QED) is 0.387. The molecule has 1 aromatic carbocycles. The number of carboxylic acids is 1. The lowest BCUT2D eigenvalue weighted by molar-refractivity contribution is -0.139. The molecule has 0 bridgehead atoms. The van der Waals surface area contributed by atoms with Gasteiger partial charge in [0.15, 0.2) is 4.80 Å². The summed E-state index contributed by atoms with van der Waals surface area (Å²) in [6, 6.07) is 13.0. The van der Waals surface area contributed by atoms with Gasteiger partial charge in [0.1, 0.15) is 17.6 Å². The van der Waals surface area contributed by atoms with Crippen LogP contribution in [0.3, 0.4) is 0 Å². The highest BCUT2D eigenvalue weighted by molar-refractivity contribution is 7.10. The van der Waals surface area contributed by atoms with Crippen LogP contribution in [0.1, 0.15) is 40.9 Å². The number of benzene rings is 1. The number of allylic oxidation sites excluding steroid dienone is 1. The summed E-state index contributed by atoms with van der Waals surface area (Å²) in [4.78, 5) is 43.8. The zero-order chi connectivity index (χ0) is 25.4. The van der Waals surface area contributed by atoms with Gasteiger partial charge in [0, 0.05) is 16.5 Å². The summed E-state index contributed by atoms with van der Waals surface area (Å²) < 4.78 is 13.1. The van der Waals surface area contributed by atoms with E-state index < -0.39 is 18.0 Å². The molecule has 0 amide bonds. The average molecular weight is 521 g/mol. The Hall–Kier alpha value is -4.02. The number of furan rings is 1. The Morgan fingerprint density at radius 1 is 1.19 bits per heavy atom. The minimum Gasteiger partial charge on any atom is -0.478 e. The molecule has 3 aromatic heterocycles. The molecule has 0 radical (unpaired) electrons. The highest BCUT2D eigenvalue weighted by Gasteiger charge is 2.33. The van der Waals surface area contributed by atoms with Crippen LogP contribution in [0, 0.1) is 0 Å². The highest BCUT2D eigenvalue weighted by atomic mass is 32.1. The number of carboxylic acid groups (broad SMARTS) is 1. The maximum atomic E-state index is 13.6. The standard InChI is InChI=1S/C26H20N2O6S2/c1-3-33-25(32)21-14(2)27-26-28(22(21)19-9-6-12-35-19)23(29)20(36-26)13-15-10-11-18(34-15)16-7-4-5-8-17(16)24(30)31/h4-13,22H,3H2,1-2H3,(H,30,31)/b20-13-/t22-/m0/s1. The van der Waals surface area contributed by atoms with Crippen molar-refractivity contribution in [1.82, 2.24) is 4.57 Å². The van der Waals surface area contributed by atoms with Crippen molar-refractivity contribution in [1.29, 1.82) is 0 Å². The number of esters is 1. The van der Waals surface area contributed by atoms with Crippen molar-refractivity contribution >= 4 is 40.7 Å². The van der Waals surface area contributed by atoms with E-state index >= 15 is 0 Å². The molecule has 1 aliphatic heterocycles. The van der Waals surface area contributed by atoms with E-state index in [0.717, 1.165) is 4.88 Å². The zero-order valence-electron chi connectivity index (χ0n) is 19.3. The Kier molecular flexibility index (Phi) is 6.29. The number of thiazole rings is 1. The number of aromatic nitrogens is 1. The van der Waals surface area contributed by atoms with E-state index in [1.54, 1.807) is 50.3 Å². The SMILES string of the molecule is CCOC(=O)C1=C(C)N=c2s/c(=C\c3ccc(-c4ccccc4C(=O)O)o3)c(=O)n2[C@H]1c1cccs1. The van der Waals surface area contributed by atoms with E-state index in [1.807, 2.05) is 17.5 Å². The molecule has 0 fully saturated rings. The van der Waals surface area contributed by atoms with E-state index in [9.17, 15) is 19.5 Å². The Labute approximate surface area is 212 Å². The molecule has 0 aliphatic carbocycles. The first-order valence-corrected chi connectivity index (χ1v) is 12.7. The Bertz CT molecular complexity index is 1690. The molecule has 0 saturated carbocycles. The molecule has 4 aromatic rings. The van der Waals surface area contributed by atoms with E-state index in [2.05, 4.69) is 4.99 Å². The molecule has 0 unspecified atom stereocenters. The van der Waals surface area contributed by atoms with Crippen molar-refractivity contribution < 1.29 is 23.8 Å². The number of ether oxygens (including phenoxy) is 1. The molecule has 10 heteroatoms. The van der Waals surface area contributed by atoms with Crippen molar-refractivity contribution in [3.05, 3.63) is 101 Å². The lowest BCUT2D eigenvalue weighted by atomic mass is 10.0. The second-order valence-electron chi connectivity index (χ2n) is 7.87. The number of carbonyl (C=O) groups excluding carboxylic acids is 1. The van der Waals surface area contributed by atoms with Crippen LogP contribution >= 0.6 is 22.7 Å². The summed E-state index contributed by atoms with van der Waals surface area (Å²) in [5.41, 5.74) is 1.10. The van der Waals surface area contributed by atoms with Crippen LogP contribution in [0.25, 0.3) is 17.4 Å². The van der Waals surface area contributed by atoms with Crippen LogP contribution in [0.5, 0.6) is 0 Å². The second-order valence-corrected chi connectivity index (χ2v) is 9.86. The summed E-state index contributed by atoms with van der Waals surface area (Å²) in [5, 5.41) is 11.4. The summed E-state index contributed by atoms with van der Waals surface area (Å²) in [6.45, 7) is 3.68. The summed E-state index contributed by atoms with van der Waals surface area (Å²) in [7, 11) is 0. The molecule has 5 rings (SSSR count). The smallest absolute Gasteiger partial charge is 0.338 e. The van der Waals surface area contributed by atoms with Crippen molar-refractivity contribution in [2.45, 2.75) is 19.9 Å². The number of rotatable bonds is 6. The van der Waals surface area contributed by atoms with Gasteiger partial charge in [-0.2, -0.15) is 0 Å². The summed E-state index contributed by atoms with van der Waals surface area (Å²) >= 11 is 2.64. The minimum absolute atomic E-state index is 0.121. The van der Waals surface area contributed by atoms with Crippen LogP contribution in [-0.4, -0.2) is 28.2 Å². The highest BCUT2D eigenvalue weighted by Crippen LogP contribution is 2.33. The maximum absolute atomic E-state index is 13.6. The van der Waals surface area contributed by atoms with E-state index in [1.165, 1.54) is 33.3 Å². The first kappa shape index (κ1) is 23.7. The Balaban J connectivity index is 1.62. The van der Waals surface area contributed by atoms with Gasteiger partial charge in [0.05, 0.1) is 28.0 Å². The largest absolute Gasteiger partial charge is 0.478 e. The molecule has 36 heavy (non-hydrogen) atoms. The fourth-order valence-corrected chi connectivity index (χ4v) is 5.95. The fraction of sp³-hybridized carbons (Fsp3) is 0.154. The third kappa shape index (κ3) is 4.14. The number of carbonyl (C=O) groups is 2. The van der Waals surface area contributed by atoms with Crippen LogP contribution in [0.4, 0.5) is 0 Å². The topological polar surface area (TPSA) is 111 Å². The summed E-state index contributed by atoms with van der Waals surface area (Å²) in [5.74, 6) is -0.786. The van der Waals surface area contributed by atoms with Gasteiger partial charge in [-0.3, -0.25) is 9.36 Å². The number of hydrogen-bond acceptors (Lipinski definition) is 8. The summed E-state index contributed by atoms with van der Waals surface area (Å²) in [6.07, 6.45) is 1.60. The molecule has 8 nitrogen and oxygen atoms in total. The molecule has 0 spiro atoms. The first-order chi connectivity index (χ1) is 17.4. The van der Waals surface area contributed by atoms with Gasteiger partial charge in [0.2, 0.25) is 0 Å². The van der Waals surface area contributed by atoms with E-state index in [-0.39, 0.29) is 17.7 Å². The van der Waals surface area contributed by atoms with Gasteiger partial charge in [-0.05, 0) is 43.5 Å². The average Bonchev–Trinajstić information content (AvgIpc) is 3.60. The van der Waals surface area contributed by atoms with Crippen LogP contribution in [0.15, 0.2) is 79.4 Å². The number of hydrogen-bond donors (Lipinski definition) is 1. The third-order valence-corrected chi connectivity index (χ3v) is 7.56. The molecule has 0 saturated heterocycles. The van der Waals surface area contributed by atoms with Crippen molar-refractivity contribution in [3.63, 3.8) is 0 Å². The number of nitrogens with zero attached hydrogens (tertiary/aromatic N) is 2. The Morgan fingerprint density at radius 3 is 2.72 bits per heavy atom. The van der Waals surface area contributed by atoms with Gasteiger partial charge >= 0.3 is 11.9 Å². The molecule has 1 atom stereocenters. The lowest BCUT2D eigenvalue weighted by Gasteiger charge is -2.23. The molecular weight excluding hydrogens is 500 g/mol. The van der Waals surface area contributed by atoms with Crippen molar-refractivity contribution in [2.75, 3.05) is 6.61 Å². The van der Waals surface area contributed by atoms with Gasteiger partial charge in [-0.25, -0.2) is 14.6 Å². The third-order valence-electron chi connectivity index (χ3n) is 5.65. The molecule has 1 N–H and O–H groups in total. The zero-order valence-corrected chi connectivity index (χ0v) is 20.9. The molecular formula is C26H20N2O6S2. The lowest BCUT2D eigenvalue weighted by Crippen LogP contribution is -2.39. The predicted octanol–water partition coefficient (Wildman–Crippen LogP) is 3.82. The van der Waals surface area contributed by atoms with E-state index in [0.29, 0.717) is 37.7 Å². The van der Waals surface area contributed by atoms with Gasteiger partial charge < -0.3 is 14.3 Å². The van der Waals surface area contributed by atoms with Crippen LogP contribution in [-0.2, 0) is 9.53 Å².